The van der Waals surface area contributed by atoms with E-state index in [0.717, 1.165) is 18.8 Å². The van der Waals surface area contributed by atoms with Crippen LogP contribution < -0.4 is 5.73 Å². The van der Waals surface area contributed by atoms with Gasteiger partial charge in [-0.15, -0.1) is 0 Å². The Hall–Kier alpha value is -0.0800. The number of hydrogen-bond acceptors (Lipinski definition) is 2. The molecule has 2 saturated carbocycles. The van der Waals surface area contributed by atoms with E-state index < -0.39 is 0 Å². The first kappa shape index (κ1) is 10.4. The van der Waals surface area contributed by atoms with Crippen LogP contribution in [0.15, 0.2) is 0 Å². The fourth-order valence-corrected chi connectivity index (χ4v) is 3.33. The minimum Gasteiger partial charge on any atom is -0.389 e. The lowest BCUT2D eigenvalue weighted by molar-refractivity contribution is -0.110. The molecule has 82 valence electrons. The summed E-state index contributed by atoms with van der Waals surface area (Å²) in [5, 5.41) is 10.3. The molecule has 0 aliphatic heterocycles. The maximum absolute atomic E-state index is 10.3. The van der Waals surface area contributed by atoms with Gasteiger partial charge in [0.25, 0.3) is 0 Å². The van der Waals surface area contributed by atoms with Crippen molar-refractivity contribution < 1.29 is 5.11 Å². The van der Waals surface area contributed by atoms with Gasteiger partial charge < -0.3 is 10.8 Å². The lowest BCUT2D eigenvalue weighted by Gasteiger charge is -2.49. The minimum absolute atomic E-state index is 0.266. The van der Waals surface area contributed by atoms with Crippen molar-refractivity contribution in [3.8, 4) is 0 Å². The van der Waals surface area contributed by atoms with Crippen LogP contribution in [-0.4, -0.2) is 16.7 Å². The Labute approximate surface area is 86.9 Å². The topological polar surface area (TPSA) is 46.2 Å². The third-order valence-corrected chi connectivity index (χ3v) is 4.35. The third kappa shape index (κ3) is 1.82. The predicted molar refractivity (Wildman–Crippen MR) is 57.9 cm³/mol. The van der Waals surface area contributed by atoms with Crippen molar-refractivity contribution in [3.63, 3.8) is 0 Å². The van der Waals surface area contributed by atoms with E-state index >= 15 is 0 Å². The average molecular weight is 197 g/mol. The van der Waals surface area contributed by atoms with Crippen molar-refractivity contribution in [1.29, 1.82) is 0 Å². The van der Waals surface area contributed by atoms with E-state index in [9.17, 15) is 5.11 Å². The highest BCUT2D eigenvalue weighted by Gasteiger charge is 2.47. The Balaban J connectivity index is 1.91. The smallest absolute Gasteiger partial charge is 0.0705 e. The zero-order chi connectivity index (χ0) is 10.2. The maximum atomic E-state index is 10.3. The molecule has 0 aromatic carbocycles. The summed E-state index contributed by atoms with van der Waals surface area (Å²) < 4.78 is 0. The van der Waals surface area contributed by atoms with Crippen LogP contribution in [0.4, 0.5) is 0 Å². The minimum atomic E-state index is -0.382. The van der Waals surface area contributed by atoms with Gasteiger partial charge in [-0.1, -0.05) is 26.2 Å². The molecule has 0 bridgehead atoms. The zero-order valence-electron chi connectivity index (χ0n) is 9.21. The van der Waals surface area contributed by atoms with Crippen LogP contribution in [0.2, 0.25) is 0 Å². The van der Waals surface area contributed by atoms with E-state index in [-0.39, 0.29) is 11.6 Å². The SMILES string of the molecule is CCC1CCCC(C2(O)CC(N)C2)C1. The van der Waals surface area contributed by atoms with Gasteiger partial charge in [-0.05, 0) is 37.5 Å². The molecule has 0 amide bonds. The van der Waals surface area contributed by atoms with E-state index in [1.165, 1.54) is 32.1 Å². The van der Waals surface area contributed by atoms with Crippen molar-refractivity contribution in [1.82, 2.24) is 0 Å². The van der Waals surface area contributed by atoms with Gasteiger partial charge in [0.1, 0.15) is 0 Å². The number of rotatable bonds is 2. The highest BCUT2D eigenvalue weighted by atomic mass is 16.3. The summed E-state index contributed by atoms with van der Waals surface area (Å²) in [6, 6.07) is 0.266. The fraction of sp³-hybridized carbons (Fsp3) is 1.00. The Morgan fingerprint density at radius 1 is 1.36 bits per heavy atom. The first-order valence-electron chi connectivity index (χ1n) is 6.12. The third-order valence-electron chi connectivity index (χ3n) is 4.35. The lowest BCUT2D eigenvalue weighted by atomic mass is 9.62. The fourth-order valence-electron chi connectivity index (χ4n) is 3.33. The summed E-state index contributed by atoms with van der Waals surface area (Å²) in [4.78, 5) is 0. The summed E-state index contributed by atoms with van der Waals surface area (Å²) in [5.74, 6) is 1.40. The molecule has 0 aromatic rings. The van der Waals surface area contributed by atoms with Crippen molar-refractivity contribution in [3.05, 3.63) is 0 Å². The second-order valence-electron chi connectivity index (χ2n) is 5.41. The molecule has 2 aliphatic rings. The normalized spacial score (nSPS) is 48.6. The Bertz CT molecular complexity index is 198. The number of aliphatic hydroxyl groups is 1. The summed E-state index contributed by atoms with van der Waals surface area (Å²) >= 11 is 0. The quantitative estimate of drug-likeness (QED) is 0.711. The second-order valence-corrected chi connectivity index (χ2v) is 5.41. The molecule has 2 atom stereocenters. The first-order chi connectivity index (χ1) is 6.64. The van der Waals surface area contributed by atoms with E-state index in [1.54, 1.807) is 0 Å². The highest BCUT2D eigenvalue weighted by molar-refractivity contribution is 5.02. The molecule has 3 N–H and O–H groups in total. The molecule has 0 radical (unpaired) electrons. The lowest BCUT2D eigenvalue weighted by Crippen LogP contribution is -2.56. The molecule has 2 nitrogen and oxygen atoms in total. The van der Waals surface area contributed by atoms with Crippen LogP contribution in [0, 0.1) is 11.8 Å². The summed E-state index contributed by atoms with van der Waals surface area (Å²) in [6.45, 7) is 2.27. The molecular formula is C12H23NO. The summed E-state index contributed by atoms with van der Waals surface area (Å²) in [6.07, 6.45) is 8.09. The van der Waals surface area contributed by atoms with Gasteiger partial charge in [0, 0.05) is 6.04 Å². The van der Waals surface area contributed by atoms with Crippen molar-refractivity contribution in [2.24, 2.45) is 17.6 Å². The van der Waals surface area contributed by atoms with Gasteiger partial charge in [0.15, 0.2) is 0 Å². The van der Waals surface area contributed by atoms with Crippen LogP contribution in [-0.2, 0) is 0 Å². The summed E-state index contributed by atoms with van der Waals surface area (Å²) in [7, 11) is 0. The maximum Gasteiger partial charge on any atom is 0.0705 e. The van der Waals surface area contributed by atoms with Gasteiger partial charge in [-0.2, -0.15) is 0 Å². The second kappa shape index (κ2) is 3.82. The molecule has 2 unspecified atom stereocenters. The predicted octanol–water partition coefficient (Wildman–Crippen LogP) is 2.05. The van der Waals surface area contributed by atoms with Crippen LogP contribution in [0.25, 0.3) is 0 Å². The zero-order valence-corrected chi connectivity index (χ0v) is 9.21. The largest absolute Gasteiger partial charge is 0.389 e. The van der Waals surface area contributed by atoms with Crippen molar-refractivity contribution in [2.75, 3.05) is 0 Å². The molecular weight excluding hydrogens is 174 g/mol. The molecule has 2 heteroatoms. The van der Waals surface area contributed by atoms with Crippen LogP contribution in [0.3, 0.4) is 0 Å². The van der Waals surface area contributed by atoms with Crippen molar-refractivity contribution >= 4 is 0 Å². The molecule has 2 fully saturated rings. The van der Waals surface area contributed by atoms with Gasteiger partial charge in [-0.3, -0.25) is 0 Å². The molecule has 0 aromatic heterocycles. The van der Waals surface area contributed by atoms with E-state index in [0.29, 0.717) is 5.92 Å². The van der Waals surface area contributed by atoms with Crippen LogP contribution in [0.5, 0.6) is 0 Å². The van der Waals surface area contributed by atoms with Crippen LogP contribution >= 0.6 is 0 Å². The first-order valence-corrected chi connectivity index (χ1v) is 6.12. The average Bonchev–Trinajstić information content (AvgIpc) is 2.16. The molecule has 0 saturated heterocycles. The Kier molecular flexibility index (Phi) is 2.85. The Morgan fingerprint density at radius 2 is 2.07 bits per heavy atom. The van der Waals surface area contributed by atoms with E-state index in [2.05, 4.69) is 6.92 Å². The monoisotopic (exact) mass is 197 g/mol. The van der Waals surface area contributed by atoms with Crippen LogP contribution in [0.1, 0.15) is 51.9 Å². The number of nitrogens with two attached hydrogens (primary N) is 1. The molecule has 2 aliphatic carbocycles. The van der Waals surface area contributed by atoms with E-state index in [1.807, 2.05) is 0 Å². The summed E-state index contributed by atoms with van der Waals surface area (Å²) in [5.41, 5.74) is 5.39. The number of hydrogen-bond donors (Lipinski definition) is 2. The standard InChI is InChI=1S/C12H23NO/c1-2-9-4-3-5-10(6-9)12(14)7-11(13)8-12/h9-11,14H,2-8,13H2,1H3. The highest BCUT2D eigenvalue weighted by Crippen LogP contribution is 2.45. The molecule has 0 spiro atoms. The molecule has 0 heterocycles. The van der Waals surface area contributed by atoms with Gasteiger partial charge >= 0.3 is 0 Å². The van der Waals surface area contributed by atoms with Crippen molar-refractivity contribution in [2.45, 2.75) is 63.5 Å². The Morgan fingerprint density at radius 3 is 2.64 bits per heavy atom. The van der Waals surface area contributed by atoms with E-state index in [4.69, 9.17) is 5.73 Å². The van der Waals surface area contributed by atoms with Gasteiger partial charge in [0.2, 0.25) is 0 Å². The van der Waals surface area contributed by atoms with Gasteiger partial charge in [0.05, 0.1) is 5.60 Å². The molecule has 2 rings (SSSR count). The van der Waals surface area contributed by atoms with Gasteiger partial charge in [-0.25, -0.2) is 0 Å². The molecule has 14 heavy (non-hydrogen) atoms.